The van der Waals surface area contributed by atoms with Crippen molar-refractivity contribution in [2.75, 3.05) is 0 Å². The summed E-state index contributed by atoms with van der Waals surface area (Å²) >= 11 is 3.15. The maximum atomic E-state index is 14.2. The van der Waals surface area contributed by atoms with Crippen molar-refractivity contribution in [3.05, 3.63) is 69.9 Å². The zero-order valence-electron chi connectivity index (χ0n) is 10.9. The first kappa shape index (κ1) is 13.5. The molecule has 1 aliphatic rings. The maximum Gasteiger partial charge on any atom is 0.176 e. The molecule has 1 fully saturated rings. The summed E-state index contributed by atoms with van der Waals surface area (Å²) in [5.74, 6) is -0.562. The van der Waals surface area contributed by atoms with Gasteiger partial charge in [0.15, 0.2) is 5.78 Å². The summed E-state index contributed by atoms with van der Waals surface area (Å²) in [7, 11) is 0. The molecule has 102 valence electrons. The number of hydrogen-bond donors (Lipinski definition) is 0. The number of halogens is 2. The Balaban J connectivity index is 2.06. The topological polar surface area (TPSA) is 17.1 Å². The molecule has 0 heterocycles. The van der Waals surface area contributed by atoms with Crippen LogP contribution in [0.1, 0.15) is 35.2 Å². The number of hydrogen-bond acceptors (Lipinski definition) is 1. The molecule has 2 aromatic carbocycles. The van der Waals surface area contributed by atoms with Crippen molar-refractivity contribution in [1.29, 1.82) is 0 Å². The van der Waals surface area contributed by atoms with Gasteiger partial charge in [0, 0.05) is 0 Å². The normalized spacial score (nSPS) is 16.5. The predicted molar refractivity (Wildman–Crippen MR) is 80.4 cm³/mol. The molecule has 0 unspecified atom stereocenters. The van der Waals surface area contributed by atoms with Crippen molar-refractivity contribution >= 4 is 21.7 Å². The monoisotopic (exact) mass is 332 g/mol. The van der Waals surface area contributed by atoms with Gasteiger partial charge in [-0.3, -0.25) is 4.79 Å². The number of carbonyl (C=O) groups is 1. The molecule has 3 rings (SSSR count). The van der Waals surface area contributed by atoms with Crippen LogP contribution in [0.2, 0.25) is 0 Å². The molecule has 2 aromatic rings. The van der Waals surface area contributed by atoms with Gasteiger partial charge in [-0.15, -0.1) is 0 Å². The molecule has 0 amide bonds. The van der Waals surface area contributed by atoms with Gasteiger partial charge in [-0.1, -0.05) is 42.8 Å². The Kier molecular flexibility index (Phi) is 3.47. The van der Waals surface area contributed by atoms with E-state index in [1.807, 2.05) is 30.3 Å². The van der Waals surface area contributed by atoms with E-state index in [9.17, 15) is 9.18 Å². The minimum Gasteiger partial charge on any atom is -0.293 e. The first-order chi connectivity index (χ1) is 9.65. The first-order valence-electron chi connectivity index (χ1n) is 6.69. The second-order valence-corrected chi connectivity index (χ2v) is 6.09. The Labute approximate surface area is 126 Å². The van der Waals surface area contributed by atoms with Crippen LogP contribution < -0.4 is 0 Å². The molecule has 0 atom stereocenters. The van der Waals surface area contributed by atoms with E-state index in [-0.39, 0.29) is 11.3 Å². The second-order valence-electron chi connectivity index (χ2n) is 5.23. The van der Waals surface area contributed by atoms with Crippen LogP contribution in [0.15, 0.2) is 53.0 Å². The summed E-state index contributed by atoms with van der Waals surface area (Å²) in [5, 5.41) is 0. The molecule has 0 radical (unpaired) electrons. The molecule has 1 saturated carbocycles. The van der Waals surface area contributed by atoms with Gasteiger partial charge in [-0.2, -0.15) is 0 Å². The number of ketones is 1. The number of carbonyl (C=O) groups excluding carboxylic acids is 1. The molecule has 0 aliphatic heterocycles. The van der Waals surface area contributed by atoms with Crippen LogP contribution in [0.4, 0.5) is 4.39 Å². The van der Waals surface area contributed by atoms with E-state index in [1.165, 1.54) is 0 Å². The first-order valence-corrected chi connectivity index (χ1v) is 7.49. The molecule has 1 nitrogen and oxygen atoms in total. The zero-order chi connectivity index (χ0) is 14.2. The van der Waals surface area contributed by atoms with Crippen molar-refractivity contribution < 1.29 is 9.18 Å². The molecule has 3 heteroatoms. The molecular formula is C17H14BrFO. The second kappa shape index (κ2) is 5.13. The molecular weight excluding hydrogens is 319 g/mol. The standard InChI is InChI=1S/C17H14BrFO/c18-14-9-4-8-13(15(14)19)16(20)17(10-5-11-17)12-6-2-1-3-7-12/h1-4,6-9H,5,10-11H2. The van der Waals surface area contributed by atoms with Crippen LogP contribution in [0, 0.1) is 5.82 Å². The highest BCUT2D eigenvalue weighted by atomic mass is 79.9. The van der Waals surface area contributed by atoms with Gasteiger partial charge >= 0.3 is 0 Å². The maximum absolute atomic E-state index is 14.2. The van der Waals surface area contributed by atoms with E-state index in [0.29, 0.717) is 4.47 Å². The molecule has 0 bridgehead atoms. The van der Waals surface area contributed by atoms with Crippen LogP contribution in [0.3, 0.4) is 0 Å². The van der Waals surface area contributed by atoms with Crippen LogP contribution in [-0.4, -0.2) is 5.78 Å². The third-order valence-electron chi connectivity index (χ3n) is 4.16. The molecule has 0 saturated heterocycles. The van der Waals surface area contributed by atoms with E-state index >= 15 is 0 Å². The summed E-state index contributed by atoms with van der Waals surface area (Å²) in [6.07, 6.45) is 2.60. The van der Waals surface area contributed by atoms with Crippen LogP contribution in [-0.2, 0) is 5.41 Å². The highest BCUT2D eigenvalue weighted by Crippen LogP contribution is 2.46. The quantitative estimate of drug-likeness (QED) is 0.731. The largest absolute Gasteiger partial charge is 0.293 e. The van der Waals surface area contributed by atoms with E-state index < -0.39 is 11.2 Å². The summed E-state index contributed by atoms with van der Waals surface area (Å²) in [6.45, 7) is 0. The molecule has 0 aromatic heterocycles. The summed E-state index contributed by atoms with van der Waals surface area (Å²) in [4.78, 5) is 12.9. The Morgan fingerprint density at radius 3 is 2.35 bits per heavy atom. The average molecular weight is 333 g/mol. The van der Waals surface area contributed by atoms with E-state index in [1.54, 1.807) is 18.2 Å². The summed E-state index contributed by atoms with van der Waals surface area (Å²) < 4.78 is 14.5. The smallest absolute Gasteiger partial charge is 0.176 e. The van der Waals surface area contributed by atoms with Crippen LogP contribution >= 0.6 is 15.9 Å². The Hall–Kier alpha value is -1.48. The van der Waals surface area contributed by atoms with Gasteiger partial charge in [0.05, 0.1) is 15.5 Å². The highest BCUT2D eigenvalue weighted by molar-refractivity contribution is 9.10. The lowest BCUT2D eigenvalue weighted by Gasteiger charge is -2.41. The number of benzene rings is 2. The fourth-order valence-corrected chi connectivity index (χ4v) is 3.24. The third kappa shape index (κ3) is 2.01. The SMILES string of the molecule is O=C(c1cccc(Br)c1F)C1(c2ccccc2)CCC1. The lowest BCUT2D eigenvalue weighted by molar-refractivity contribution is 0.0784. The lowest BCUT2D eigenvalue weighted by atomic mass is 9.60. The average Bonchev–Trinajstić information content (AvgIpc) is 2.42. The highest BCUT2D eigenvalue weighted by Gasteiger charge is 2.46. The van der Waals surface area contributed by atoms with Crippen molar-refractivity contribution in [2.45, 2.75) is 24.7 Å². The van der Waals surface area contributed by atoms with Gasteiger partial charge in [-0.25, -0.2) is 4.39 Å². The van der Waals surface area contributed by atoms with Crippen molar-refractivity contribution in [3.8, 4) is 0 Å². The molecule has 20 heavy (non-hydrogen) atoms. The fraction of sp³-hybridized carbons (Fsp3) is 0.235. The summed E-state index contributed by atoms with van der Waals surface area (Å²) in [6, 6.07) is 14.6. The van der Waals surface area contributed by atoms with Crippen molar-refractivity contribution in [1.82, 2.24) is 0 Å². The number of rotatable bonds is 3. The summed E-state index contributed by atoms with van der Waals surface area (Å²) in [5.41, 5.74) is 0.640. The van der Waals surface area contributed by atoms with Gasteiger partial charge in [0.2, 0.25) is 0 Å². The fourth-order valence-electron chi connectivity index (χ4n) is 2.87. The van der Waals surface area contributed by atoms with Gasteiger partial charge in [-0.05, 0) is 46.5 Å². The Bertz CT molecular complexity index is 647. The van der Waals surface area contributed by atoms with Crippen LogP contribution in [0.5, 0.6) is 0 Å². The van der Waals surface area contributed by atoms with E-state index in [0.717, 1.165) is 24.8 Å². The number of Topliss-reactive ketones (excluding diaryl/α,β-unsaturated/α-hetero) is 1. The van der Waals surface area contributed by atoms with Crippen LogP contribution in [0.25, 0.3) is 0 Å². The molecule has 0 spiro atoms. The van der Waals surface area contributed by atoms with Crippen molar-refractivity contribution in [3.63, 3.8) is 0 Å². The Morgan fingerprint density at radius 1 is 1.05 bits per heavy atom. The van der Waals surface area contributed by atoms with Crippen molar-refractivity contribution in [2.24, 2.45) is 0 Å². The van der Waals surface area contributed by atoms with E-state index in [2.05, 4.69) is 15.9 Å². The third-order valence-corrected chi connectivity index (χ3v) is 4.78. The minimum absolute atomic E-state index is 0.103. The Morgan fingerprint density at radius 2 is 1.75 bits per heavy atom. The van der Waals surface area contributed by atoms with Gasteiger partial charge < -0.3 is 0 Å². The predicted octanol–water partition coefficient (Wildman–Crippen LogP) is 4.89. The molecule has 1 aliphatic carbocycles. The zero-order valence-corrected chi connectivity index (χ0v) is 12.5. The minimum atomic E-state index is -0.539. The van der Waals surface area contributed by atoms with E-state index in [4.69, 9.17) is 0 Å². The lowest BCUT2D eigenvalue weighted by Crippen LogP contribution is -2.42. The van der Waals surface area contributed by atoms with Gasteiger partial charge in [0.1, 0.15) is 5.82 Å². The molecule has 0 N–H and O–H groups in total. The van der Waals surface area contributed by atoms with Gasteiger partial charge in [0.25, 0.3) is 0 Å².